The highest BCUT2D eigenvalue weighted by atomic mass is 32.2. The van der Waals surface area contributed by atoms with Gasteiger partial charge in [-0.05, 0) is 24.6 Å². The maximum atomic E-state index is 14.2. The first-order chi connectivity index (χ1) is 18.1. The SMILES string of the molecule is CCCS(=O)(=O)N(COCC[Si](C)(C)C)c1nc2ccccc2nc1OC(c1cnc(C(C)=O)s1)C(F)(F)F. The van der Waals surface area contributed by atoms with E-state index < -0.39 is 54.6 Å². The molecule has 0 spiro atoms. The summed E-state index contributed by atoms with van der Waals surface area (Å²) in [5, 5.41) is -0.115. The molecule has 0 bridgehead atoms. The van der Waals surface area contributed by atoms with Crippen molar-refractivity contribution >= 4 is 52.1 Å². The fraction of sp³-hybridized carbons (Fsp3) is 0.500. The molecule has 0 radical (unpaired) electrons. The normalized spacial score (nSPS) is 13.4. The van der Waals surface area contributed by atoms with Crippen molar-refractivity contribution in [2.75, 3.05) is 23.4 Å². The van der Waals surface area contributed by atoms with Crippen LogP contribution in [0.15, 0.2) is 30.5 Å². The molecular formula is C24H31F3N4O5S2Si. The van der Waals surface area contributed by atoms with Crippen molar-refractivity contribution in [3.05, 3.63) is 40.3 Å². The van der Waals surface area contributed by atoms with Gasteiger partial charge >= 0.3 is 6.18 Å². The second kappa shape index (κ2) is 12.3. The summed E-state index contributed by atoms with van der Waals surface area (Å²) in [6.07, 6.45) is -6.34. The van der Waals surface area contributed by atoms with E-state index in [4.69, 9.17) is 9.47 Å². The van der Waals surface area contributed by atoms with Crippen molar-refractivity contribution in [3.63, 3.8) is 0 Å². The number of ether oxygens (including phenoxy) is 2. The van der Waals surface area contributed by atoms with E-state index in [2.05, 4.69) is 34.6 Å². The maximum Gasteiger partial charge on any atom is 0.430 e. The minimum Gasteiger partial charge on any atom is -0.456 e. The highest BCUT2D eigenvalue weighted by Gasteiger charge is 2.46. The van der Waals surface area contributed by atoms with Gasteiger partial charge in [0.1, 0.15) is 6.73 Å². The third-order valence-corrected chi connectivity index (χ3v) is 10.1. The number of sulfonamides is 1. The highest BCUT2D eigenvalue weighted by Crippen LogP contribution is 2.41. The molecular weight excluding hydrogens is 574 g/mol. The van der Waals surface area contributed by atoms with Crippen molar-refractivity contribution < 1.29 is 35.9 Å². The van der Waals surface area contributed by atoms with E-state index in [1.54, 1.807) is 25.1 Å². The Hall–Kier alpha value is -2.62. The molecule has 2 aromatic heterocycles. The minimum atomic E-state index is -4.94. The van der Waals surface area contributed by atoms with E-state index in [0.29, 0.717) is 11.3 Å². The Kier molecular flexibility index (Phi) is 9.72. The Morgan fingerprint density at radius 3 is 2.33 bits per heavy atom. The molecule has 1 unspecified atom stereocenters. The first-order valence-corrected chi connectivity index (χ1v) is 18.3. The van der Waals surface area contributed by atoms with E-state index in [1.165, 1.54) is 13.0 Å². The fourth-order valence-electron chi connectivity index (χ4n) is 3.35. The lowest BCUT2D eigenvalue weighted by atomic mass is 10.3. The van der Waals surface area contributed by atoms with Crippen molar-refractivity contribution in [1.29, 1.82) is 0 Å². The zero-order valence-corrected chi connectivity index (χ0v) is 24.9. The second-order valence-corrected chi connectivity index (χ2v) is 18.7. The number of rotatable bonds is 13. The largest absolute Gasteiger partial charge is 0.456 e. The molecule has 0 aliphatic rings. The van der Waals surface area contributed by atoms with Gasteiger partial charge in [-0.2, -0.15) is 13.2 Å². The smallest absolute Gasteiger partial charge is 0.430 e. The lowest BCUT2D eigenvalue weighted by molar-refractivity contribution is -0.197. The van der Waals surface area contributed by atoms with Gasteiger partial charge in [-0.3, -0.25) is 4.79 Å². The van der Waals surface area contributed by atoms with Gasteiger partial charge < -0.3 is 9.47 Å². The van der Waals surface area contributed by atoms with E-state index >= 15 is 0 Å². The molecule has 3 rings (SSSR count). The minimum absolute atomic E-state index is 0.115. The van der Waals surface area contributed by atoms with E-state index in [1.807, 2.05) is 0 Å². The summed E-state index contributed by atoms with van der Waals surface area (Å²) in [4.78, 5) is 23.6. The van der Waals surface area contributed by atoms with Crippen molar-refractivity contribution in [2.45, 2.75) is 58.2 Å². The van der Waals surface area contributed by atoms with Gasteiger partial charge in [-0.15, -0.1) is 11.3 Å². The monoisotopic (exact) mass is 604 g/mol. The third kappa shape index (κ3) is 8.19. The van der Waals surface area contributed by atoms with Gasteiger partial charge in [0.2, 0.25) is 21.9 Å². The van der Waals surface area contributed by atoms with Gasteiger partial charge in [0.25, 0.3) is 5.88 Å². The summed E-state index contributed by atoms with van der Waals surface area (Å²) < 4.78 is 81.2. The van der Waals surface area contributed by atoms with Crippen molar-refractivity contribution in [3.8, 4) is 5.88 Å². The first-order valence-electron chi connectivity index (χ1n) is 12.2. The molecule has 0 saturated heterocycles. The first kappa shape index (κ1) is 30.9. The van der Waals surface area contributed by atoms with Gasteiger partial charge in [0.05, 0.1) is 21.7 Å². The summed E-state index contributed by atoms with van der Waals surface area (Å²) in [7, 11) is -5.58. The van der Waals surface area contributed by atoms with Crippen LogP contribution in [-0.2, 0) is 14.8 Å². The molecule has 3 aromatic rings. The number of anilines is 1. The summed E-state index contributed by atoms with van der Waals surface area (Å²) in [5.74, 6) is -1.84. The molecule has 0 saturated carbocycles. The number of nitrogens with zero attached hydrogens (tertiary/aromatic N) is 4. The van der Waals surface area contributed by atoms with Gasteiger partial charge in [-0.25, -0.2) is 27.7 Å². The van der Waals surface area contributed by atoms with Crippen LogP contribution in [0.4, 0.5) is 19.0 Å². The standard InChI is InChI=1S/C24H31F3N4O5S2Si/c1-6-12-38(33,34)31(15-35-11-13-39(3,4)5)21-22(30-18-10-8-7-9-17(18)29-21)36-20(24(25,26)27)19-14-28-23(37-19)16(2)32/h7-10,14,20H,6,11-13,15H2,1-5H3. The quantitative estimate of drug-likeness (QED) is 0.104. The van der Waals surface area contributed by atoms with Crippen LogP contribution in [-0.4, -0.2) is 62.5 Å². The van der Waals surface area contributed by atoms with Crippen molar-refractivity contribution in [1.82, 2.24) is 15.0 Å². The van der Waals surface area contributed by atoms with Gasteiger partial charge in [0, 0.05) is 27.8 Å². The Morgan fingerprint density at radius 1 is 1.15 bits per heavy atom. The number of hydrogen-bond donors (Lipinski definition) is 0. The van der Waals surface area contributed by atoms with Crippen LogP contribution in [0.25, 0.3) is 11.0 Å². The Morgan fingerprint density at radius 2 is 1.79 bits per heavy atom. The molecule has 2 heterocycles. The summed E-state index contributed by atoms with van der Waals surface area (Å²) >= 11 is 0.539. The zero-order valence-electron chi connectivity index (χ0n) is 22.3. The molecule has 0 fully saturated rings. The van der Waals surface area contributed by atoms with E-state index in [-0.39, 0.29) is 39.7 Å². The molecule has 39 heavy (non-hydrogen) atoms. The lowest BCUT2D eigenvalue weighted by Crippen LogP contribution is -2.37. The Balaban J connectivity index is 2.13. The summed E-state index contributed by atoms with van der Waals surface area (Å²) in [6.45, 7) is 9.07. The number of halogens is 3. The van der Waals surface area contributed by atoms with Gasteiger partial charge in [-0.1, -0.05) is 38.7 Å². The van der Waals surface area contributed by atoms with Crippen LogP contribution < -0.4 is 9.04 Å². The summed E-state index contributed by atoms with van der Waals surface area (Å²) in [5.41, 5.74) is 0.470. The van der Waals surface area contributed by atoms with Crippen LogP contribution >= 0.6 is 11.3 Å². The number of aromatic nitrogens is 3. The average molecular weight is 605 g/mol. The molecule has 0 aliphatic heterocycles. The van der Waals surface area contributed by atoms with Crippen LogP contribution in [0.3, 0.4) is 0 Å². The molecule has 0 N–H and O–H groups in total. The Bertz CT molecular complexity index is 1410. The molecule has 9 nitrogen and oxygen atoms in total. The molecule has 1 atom stereocenters. The van der Waals surface area contributed by atoms with E-state index in [9.17, 15) is 26.4 Å². The van der Waals surface area contributed by atoms with Crippen LogP contribution in [0, 0.1) is 0 Å². The molecule has 1 aromatic carbocycles. The van der Waals surface area contributed by atoms with Gasteiger partial charge in [0.15, 0.2) is 10.8 Å². The molecule has 214 valence electrons. The third-order valence-electron chi connectivity index (χ3n) is 5.37. The topological polar surface area (TPSA) is 112 Å². The lowest BCUT2D eigenvalue weighted by Gasteiger charge is -2.27. The number of benzene rings is 1. The number of alkyl halides is 3. The predicted molar refractivity (Wildman–Crippen MR) is 147 cm³/mol. The number of para-hydroxylation sites is 2. The number of carbonyl (C=O) groups excluding carboxylic acids is 1. The molecule has 15 heteroatoms. The number of carbonyl (C=O) groups is 1. The van der Waals surface area contributed by atoms with Crippen LogP contribution in [0.1, 0.15) is 41.1 Å². The van der Waals surface area contributed by atoms with Crippen LogP contribution in [0.5, 0.6) is 5.88 Å². The Labute approximate surface area is 230 Å². The number of thiazole rings is 1. The van der Waals surface area contributed by atoms with Crippen molar-refractivity contribution in [2.24, 2.45) is 0 Å². The number of Topliss-reactive ketones (excluding diaryl/α,β-unsaturated/α-hetero) is 1. The number of hydrogen-bond acceptors (Lipinski definition) is 9. The molecule has 0 aliphatic carbocycles. The zero-order chi connectivity index (χ0) is 29.0. The van der Waals surface area contributed by atoms with Crippen LogP contribution in [0.2, 0.25) is 25.7 Å². The molecule has 0 amide bonds. The second-order valence-electron chi connectivity index (χ2n) is 10.0. The predicted octanol–water partition coefficient (Wildman–Crippen LogP) is 5.83. The number of ketones is 1. The number of fused-ring (bicyclic) bond motifs is 1. The van der Waals surface area contributed by atoms with E-state index in [0.717, 1.165) is 16.5 Å². The maximum absolute atomic E-state index is 14.2. The average Bonchev–Trinajstić information content (AvgIpc) is 3.30. The summed E-state index contributed by atoms with van der Waals surface area (Å²) in [6, 6.07) is 7.11. The fourth-order valence-corrected chi connectivity index (χ4v) is 6.33. The highest BCUT2D eigenvalue weighted by molar-refractivity contribution is 7.92.